The number of rotatable bonds is 8. The summed E-state index contributed by atoms with van der Waals surface area (Å²) >= 11 is 0. The van der Waals surface area contributed by atoms with Crippen LogP contribution in [0.4, 0.5) is 11.4 Å². The molecular formula is C16H18N2O7S. The molecule has 0 atom stereocenters. The predicted molar refractivity (Wildman–Crippen MR) is 95.4 cm³/mol. The van der Waals surface area contributed by atoms with E-state index in [0.29, 0.717) is 11.3 Å². The summed E-state index contributed by atoms with van der Waals surface area (Å²) in [5, 5.41) is 10.7. The van der Waals surface area contributed by atoms with E-state index in [1.807, 2.05) is 0 Å². The van der Waals surface area contributed by atoms with Crippen LogP contribution in [0.2, 0.25) is 0 Å². The van der Waals surface area contributed by atoms with Crippen LogP contribution in [0.5, 0.6) is 17.2 Å². The smallest absolute Gasteiger partial charge is 0.269 e. The summed E-state index contributed by atoms with van der Waals surface area (Å²) < 4.78 is 42.9. The van der Waals surface area contributed by atoms with Crippen LogP contribution in [0.3, 0.4) is 0 Å². The molecular weight excluding hydrogens is 364 g/mol. The molecule has 26 heavy (non-hydrogen) atoms. The first-order chi connectivity index (χ1) is 12.3. The quantitative estimate of drug-likeness (QED) is 0.551. The fraction of sp³-hybridized carbons (Fsp3) is 0.250. The molecule has 0 heterocycles. The second-order valence-electron chi connectivity index (χ2n) is 5.19. The Bertz CT molecular complexity index is 870. The Hall–Kier alpha value is -3.01. The highest BCUT2D eigenvalue weighted by Crippen LogP contribution is 2.39. The first kappa shape index (κ1) is 19.3. The van der Waals surface area contributed by atoms with Crippen molar-refractivity contribution in [3.8, 4) is 17.2 Å². The molecule has 2 rings (SSSR count). The van der Waals surface area contributed by atoms with Crippen molar-refractivity contribution in [3.63, 3.8) is 0 Å². The molecule has 0 fully saturated rings. The Kier molecular flexibility index (Phi) is 5.88. The molecule has 0 bridgehead atoms. The van der Waals surface area contributed by atoms with E-state index >= 15 is 0 Å². The van der Waals surface area contributed by atoms with Gasteiger partial charge in [0.05, 0.1) is 32.0 Å². The van der Waals surface area contributed by atoms with Crippen LogP contribution in [0.15, 0.2) is 36.4 Å². The molecule has 0 aromatic heterocycles. The summed E-state index contributed by atoms with van der Waals surface area (Å²) in [6, 6.07) is 8.32. The largest absolute Gasteiger partial charge is 0.496 e. The highest BCUT2D eigenvalue weighted by Gasteiger charge is 2.20. The number of benzene rings is 2. The molecule has 0 saturated heterocycles. The van der Waals surface area contributed by atoms with Crippen LogP contribution < -0.4 is 18.9 Å². The third-order valence-electron chi connectivity index (χ3n) is 3.48. The lowest BCUT2D eigenvalue weighted by atomic mass is 10.2. The van der Waals surface area contributed by atoms with Gasteiger partial charge in [0.15, 0.2) is 0 Å². The van der Waals surface area contributed by atoms with Crippen molar-refractivity contribution >= 4 is 21.4 Å². The fourth-order valence-electron chi connectivity index (χ4n) is 2.23. The molecule has 0 radical (unpaired) electrons. The van der Waals surface area contributed by atoms with Crippen LogP contribution in [0.25, 0.3) is 0 Å². The summed E-state index contributed by atoms with van der Waals surface area (Å²) in [5.41, 5.74) is 0.421. The Balaban J connectivity index is 2.29. The van der Waals surface area contributed by atoms with Gasteiger partial charge in [0.2, 0.25) is 10.0 Å². The maximum Gasteiger partial charge on any atom is 0.269 e. The molecule has 10 heteroatoms. The first-order valence-corrected chi connectivity index (χ1v) is 8.98. The molecule has 0 saturated carbocycles. The predicted octanol–water partition coefficient (Wildman–Crippen LogP) is 2.56. The second-order valence-corrected chi connectivity index (χ2v) is 6.91. The Morgan fingerprint density at radius 1 is 1.00 bits per heavy atom. The molecule has 0 aliphatic rings. The van der Waals surface area contributed by atoms with Crippen molar-refractivity contribution in [2.24, 2.45) is 0 Å². The average molecular weight is 382 g/mol. The second kappa shape index (κ2) is 7.91. The van der Waals surface area contributed by atoms with Gasteiger partial charge in [-0.05, 0) is 5.56 Å². The van der Waals surface area contributed by atoms with Crippen LogP contribution in [-0.2, 0) is 15.8 Å². The number of anilines is 1. The van der Waals surface area contributed by atoms with E-state index in [1.165, 1.54) is 57.7 Å². The Morgan fingerprint density at radius 3 is 1.96 bits per heavy atom. The number of nitrogens with zero attached hydrogens (tertiary/aromatic N) is 1. The molecule has 2 aromatic rings. The Labute approximate surface area is 150 Å². The summed E-state index contributed by atoms with van der Waals surface area (Å²) in [6.07, 6.45) is 0. The highest BCUT2D eigenvalue weighted by molar-refractivity contribution is 7.91. The third-order valence-corrected chi connectivity index (χ3v) is 4.70. The first-order valence-electron chi connectivity index (χ1n) is 7.33. The van der Waals surface area contributed by atoms with Gasteiger partial charge in [-0.15, -0.1) is 0 Å². The van der Waals surface area contributed by atoms with E-state index in [9.17, 15) is 18.5 Å². The van der Waals surface area contributed by atoms with Crippen LogP contribution in [0, 0.1) is 10.1 Å². The molecule has 0 unspecified atom stereocenters. The minimum Gasteiger partial charge on any atom is -0.496 e. The van der Waals surface area contributed by atoms with E-state index < -0.39 is 14.9 Å². The van der Waals surface area contributed by atoms with Gasteiger partial charge in [-0.1, -0.05) is 12.1 Å². The molecule has 140 valence electrons. The molecule has 1 N–H and O–H groups in total. The van der Waals surface area contributed by atoms with Gasteiger partial charge >= 0.3 is 0 Å². The Morgan fingerprint density at radius 2 is 1.54 bits per heavy atom. The summed E-state index contributed by atoms with van der Waals surface area (Å²) in [6.45, 7) is 0. The molecule has 0 aliphatic carbocycles. The SMILES string of the molecule is COc1cc(OC)c(NS(=O)(=O)Cc2ccc([N+](=O)[O-])cc2)c(OC)c1. The van der Waals surface area contributed by atoms with Gasteiger partial charge in [0.25, 0.3) is 5.69 Å². The standard InChI is InChI=1S/C16H18N2O7S/c1-23-13-8-14(24-2)16(15(9-13)25-3)17-26(21,22)10-11-4-6-12(7-5-11)18(19)20/h4-9,17H,10H2,1-3H3. The number of hydrogen-bond donors (Lipinski definition) is 1. The maximum absolute atomic E-state index is 12.5. The lowest BCUT2D eigenvalue weighted by Gasteiger charge is -2.16. The number of methoxy groups -OCH3 is 3. The number of non-ortho nitro benzene ring substituents is 1. The van der Waals surface area contributed by atoms with Gasteiger partial charge in [0.1, 0.15) is 22.9 Å². The minimum absolute atomic E-state index is 0.113. The molecule has 9 nitrogen and oxygen atoms in total. The topological polar surface area (TPSA) is 117 Å². The monoisotopic (exact) mass is 382 g/mol. The summed E-state index contributed by atoms with van der Waals surface area (Å²) in [4.78, 5) is 10.1. The van der Waals surface area contributed by atoms with Gasteiger partial charge < -0.3 is 14.2 Å². The number of nitro benzene ring substituents is 1. The van der Waals surface area contributed by atoms with Crippen molar-refractivity contribution < 1.29 is 27.6 Å². The van der Waals surface area contributed by atoms with E-state index in [-0.39, 0.29) is 28.6 Å². The van der Waals surface area contributed by atoms with Crippen LogP contribution in [0.1, 0.15) is 5.56 Å². The van der Waals surface area contributed by atoms with Crippen molar-refractivity contribution in [1.29, 1.82) is 0 Å². The highest BCUT2D eigenvalue weighted by atomic mass is 32.2. The zero-order valence-corrected chi connectivity index (χ0v) is 15.2. The van der Waals surface area contributed by atoms with Crippen molar-refractivity contribution in [2.75, 3.05) is 26.1 Å². The zero-order chi connectivity index (χ0) is 19.3. The number of hydrogen-bond acceptors (Lipinski definition) is 7. The van der Waals surface area contributed by atoms with E-state index in [2.05, 4.69) is 4.72 Å². The lowest BCUT2D eigenvalue weighted by Crippen LogP contribution is -2.16. The van der Waals surface area contributed by atoms with E-state index in [1.54, 1.807) is 0 Å². The van der Waals surface area contributed by atoms with Gasteiger partial charge in [-0.2, -0.15) is 0 Å². The lowest BCUT2D eigenvalue weighted by molar-refractivity contribution is -0.384. The summed E-state index contributed by atoms with van der Waals surface area (Å²) in [5.74, 6) is 0.530. The normalized spacial score (nSPS) is 10.9. The van der Waals surface area contributed by atoms with Gasteiger partial charge in [0, 0.05) is 24.3 Å². The van der Waals surface area contributed by atoms with E-state index in [4.69, 9.17) is 14.2 Å². The number of nitrogens with one attached hydrogen (secondary N) is 1. The maximum atomic E-state index is 12.5. The molecule has 2 aromatic carbocycles. The zero-order valence-electron chi connectivity index (χ0n) is 14.4. The van der Waals surface area contributed by atoms with Crippen LogP contribution in [-0.4, -0.2) is 34.7 Å². The fourth-order valence-corrected chi connectivity index (χ4v) is 3.45. The van der Waals surface area contributed by atoms with Gasteiger partial charge in [-0.3, -0.25) is 14.8 Å². The molecule has 0 aliphatic heterocycles. The van der Waals surface area contributed by atoms with Crippen molar-refractivity contribution in [1.82, 2.24) is 0 Å². The molecule has 0 amide bonds. The number of nitro groups is 1. The van der Waals surface area contributed by atoms with Gasteiger partial charge in [-0.25, -0.2) is 8.42 Å². The summed E-state index contributed by atoms with van der Waals surface area (Å²) in [7, 11) is 0.421. The number of sulfonamides is 1. The van der Waals surface area contributed by atoms with Crippen molar-refractivity contribution in [2.45, 2.75) is 5.75 Å². The van der Waals surface area contributed by atoms with E-state index in [0.717, 1.165) is 0 Å². The third kappa shape index (κ3) is 4.54. The number of ether oxygens (including phenoxy) is 3. The average Bonchev–Trinajstić information content (AvgIpc) is 2.61. The molecule has 0 spiro atoms. The van der Waals surface area contributed by atoms with Crippen LogP contribution >= 0.6 is 0 Å². The van der Waals surface area contributed by atoms with Crippen molar-refractivity contribution in [3.05, 3.63) is 52.1 Å². The minimum atomic E-state index is -3.83.